The van der Waals surface area contributed by atoms with Gasteiger partial charge in [-0.15, -0.1) is 0 Å². The number of benzene rings is 3. The lowest BCUT2D eigenvalue weighted by atomic mass is 9.91. The molecule has 166 valence electrons. The Kier molecular flexibility index (Phi) is 6.65. The summed E-state index contributed by atoms with van der Waals surface area (Å²) >= 11 is 3.50. The van der Waals surface area contributed by atoms with E-state index < -0.39 is 11.9 Å². The first-order valence-electron chi connectivity index (χ1n) is 10.0. The van der Waals surface area contributed by atoms with Crippen molar-refractivity contribution in [1.82, 2.24) is 10.4 Å². The van der Waals surface area contributed by atoms with Crippen LogP contribution in [0.4, 0.5) is 14.9 Å². The van der Waals surface area contributed by atoms with Crippen LogP contribution in [0.5, 0.6) is 0 Å². The number of nitrogens with zero attached hydrogens (tertiary/aromatic N) is 1. The number of hydrazine groups is 1. The second-order valence-corrected chi connectivity index (χ2v) is 7.63. The molecule has 1 aromatic heterocycles. The minimum atomic E-state index is -0.707. The summed E-state index contributed by atoms with van der Waals surface area (Å²) in [6.45, 7) is 0. The third-order valence-electron chi connectivity index (χ3n) is 5.13. The number of ketones is 1. The van der Waals surface area contributed by atoms with Crippen LogP contribution in [0.1, 0.15) is 21.5 Å². The molecular formula is C25H19BrFN3O3. The topological polar surface area (TPSA) is 80.3 Å². The van der Waals surface area contributed by atoms with Crippen molar-refractivity contribution in [3.8, 4) is 11.3 Å². The smallest absolute Gasteiger partial charge is 0.425 e. The molecule has 0 aliphatic heterocycles. The van der Waals surface area contributed by atoms with Gasteiger partial charge in [-0.3, -0.25) is 10.2 Å². The van der Waals surface area contributed by atoms with E-state index in [-0.39, 0.29) is 11.3 Å². The Hall–Kier alpha value is -3.78. The number of alkyl halides is 1. The zero-order valence-corrected chi connectivity index (χ0v) is 19.1. The highest BCUT2D eigenvalue weighted by Crippen LogP contribution is 2.35. The molecule has 2 N–H and O–H groups in total. The van der Waals surface area contributed by atoms with Gasteiger partial charge in [0.1, 0.15) is 11.3 Å². The van der Waals surface area contributed by atoms with Crippen LogP contribution in [-0.2, 0) is 10.1 Å². The van der Waals surface area contributed by atoms with Gasteiger partial charge in [0.15, 0.2) is 5.78 Å². The van der Waals surface area contributed by atoms with Crippen molar-refractivity contribution in [3.05, 3.63) is 95.3 Å². The van der Waals surface area contributed by atoms with E-state index in [9.17, 15) is 14.0 Å². The summed E-state index contributed by atoms with van der Waals surface area (Å²) in [6, 6.07) is 20.6. The van der Waals surface area contributed by atoms with Crippen molar-refractivity contribution in [2.75, 3.05) is 12.5 Å². The average Bonchev–Trinajstić information content (AvgIpc) is 2.86. The van der Waals surface area contributed by atoms with Crippen molar-refractivity contribution in [2.45, 2.75) is 5.33 Å². The van der Waals surface area contributed by atoms with E-state index in [0.29, 0.717) is 38.8 Å². The molecule has 0 spiro atoms. The van der Waals surface area contributed by atoms with Crippen LogP contribution >= 0.6 is 15.9 Å². The number of ether oxygens (including phenoxy) is 1. The van der Waals surface area contributed by atoms with Crippen LogP contribution in [0.15, 0.2) is 72.8 Å². The molecule has 0 unspecified atom stereocenters. The maximum absolute atomic E-state index is 14.8. The number of pyridine rings is 1. The van der Waals surface area contributed by atoms with Gasteiger partial charge in [-0.05, 0) is 18.2 Å². The lowest BCUT2D eigenvalue weighted by molar-refractivity contribution is 0.104. The predicted molar refractivity (Wildman–Crippen MR) is 129 cm³/mol. The highest BCUT2D eigenvalue weighted by Gasteiger charge is 2.24. The number of rotatable bonds is 6. The van der Waals surface area contributed by atoms with Gasteiger partial charge >= 0.3 is 6.09 Å². The van der Waals surface area contributed by atoms with Crippen molar-refractivity contribution in [1.29, 1.82) is 0 Å². The highest BCUT2D eigenvalue weighted by molar-refractivity contribution is 9.08. The molecule has 4 rings (SSSR count). The van der Waals surface area contributed by atoms with Crippen LogP contribution in [0, 0.1) is 5.82 Å². The summed E-state index contributed by atoms with van der Waals surface area (Å²) in [7, 11) is 1.24. The van der Waals surface area contributed by atoms with Crippen LogP contribution in [0.25, 0.3) is 22.2 Å². The first-order valence-corrected chi connectivity index (χ1v) is 11.1. The lowest BCUT2D eigenvalue weighted by Crippen LogP contribution is -2.30. The minimum absolute atomic E-state index is 0.113. The molecular weight excluding hydrogens is 489 g/mol. The Bertz CT molecular complexity index is 1350. The molecule has 4 aromatic rings. The van der Waals surface area contributed by atoms with Crippen molar-refractivity contribution >= 4 is 44.4 Å². The molecule has 0 atom stereocenters. The molecule has 1 amide bonds. The van der Waals surface area contributed by atoms with Crippen molar-refractivity contribution in [2.24, 2.45) is 0 Å². The van der Waals surface area contributed by atoms with Crippen LogP contribution in [-0.4, -0.2) is 24.0 Å². The normalized spacial score (nSPS) is 10.6. The number of aromatic nitrogens is 1. The highest BCUT2D eigenvalue weighted by atomic mass is 79.9. The number of hydrogen-bond acceptors (Lipinski definition) is 5. The SMILES string of the molecule is COC(=O)NNc1ccccc1C(=O)c1c(CBr)c(-c2ccccc2)nc2c(F)cccc12. The molecule has 0 fully saturated rings. The number of para-hydroxylation sites is 2. The zero-order chi connectivity index (χ0) is 23.4. The summed E-state index contributed by atoms with van der Waals surface area (Å²) in [5.74, 6) is -0.854. The van der Waals surface area contributed by atoms with E-state index in [1.165, 1.54) is 13.2 Å². The average molecular weight is 508 g/mol. The molecule has 1 heterocycles. The fourth-order valence-electron chi connectivity index (χ4n) is 3.61. The van der Waals surface area contributed by atoms with E-state index in [1.807, 2.05) is 30.3 Å². The van der Waals surface area contributed by atoms with Crippen LogP contribution in [0.3, 0.4) is 0 Å². The number of carbonyl (C=O) groups is 2. The van der Waals surface area contributed by atoms with E-state index in [0.717, 1.165) is 5.56 Å². The van der Waals surface area contributed by atoms with E-state index >= 15 is 0 Å². The molecule has 0 saturated carbocycles. The fraction of sp³-hybridized carbons (Fsp3) is 0.0800. The quantitative estimate of drug-likeness (QED) is 0.194. The summed E-state index contributed by atoms with van der Waals surface area (Å²) in [5, 5.41) is 0.734. The Morgan fingerprint density at radius 3 is 2.45 bits per heavy atom. The lowest BCUT2D eigenvalue weighted by Gasteiger charge is -2.17. The number of amides is 1. The van der Waals surface area contributed by atoms with Gasteiger partial charge in [-0.2, -0.15) is 0 Å². The fourth-order valence-corrected chi connectivity index (χ4v) is 4.16. The minimum Gasteiger partial charge on any atom is -0.452 e. The standard InChI is InChI=1S/C25H19BrFN3O3/c1-33-25(32)30-29-20-13-6-5-10-16(20)24(31)21-17-11-7-12-19(27)23(17)28-22(18(21)14-26)15-8-3-2-4-9-15/h2-13,29H,14H2,1H3,(H,30,32). The summed E-state index contributed by atoms with van der Waals surface area (Å²) in [6.07, 6.45) is -0.707. The molecule has 0 aliphatic rings. The molecule has 0 saturated heterocycles. The molecule has 8 heteroatoms. The maximum Gasteiger partial charge on any atom is 0.425 e. The molecule has 0 bridgehead atoms. The third-order valence-corrected chi connectivity index (χ3v) is 5.69. The number of hydrogen-bond donors (Lipinski definition) is 2. The second kappa shape index (κ2) is 9.79. The first kappa shape index (κ1) is 22.4. The molecule has 3 aromatic carbocycles. The summed E-state index contributed by atoms with van der Waals surface area (Å²) in [5.41, 5.74) is 8.12. The summed E-state index contributed by atoms with van der Waals surface area (Å²) in [4.78, 5) is 30.0. The monoisotopic (exact) mass is 507 g/mol. The Morgan fingerprint density at radius 1 is 1.00 bits per heavy atom. The van der Waals surface area contributed by atoms with E-state index in [2.05, 4.69) is 36.5 Å². The van der Waals surface area contributed by atoms with Gasteiger partial charge in [-0.25, -0.2) is 19.6 Å². The number of nitrogens with one attached hydrogen (secondary N) is 2. The summed E-state index contributed by atoms with van der Waals surface area (Å²) < 4.78 is 19.4. The van der Waals surface area contributed by atoms with Gasteiger partial charge in [0.05, 0.1) is 18.5 Å². The Balaban J connectivity index is 1.95. The number of anilines is 1. The van der Waals surface area contributed by atoms with Crippen LogP contribution in [0.2, 0.25) is 0 Å². The number of methoxy groups -OCH3 is 1. The van der Waals surface area contributed by atoms with Gasteiger partial charge in [0.2, 0.25) is 0 Å². The predicted octanol–water partition coefficient (Wildman–Crippen LogP) is 5.85. The molecule has 0 aliphatic carbocycles. The molecule has 6 nitrogen and oxygen atoms in total. The Labute approximate surface area is 197 Å². The van der Waals surface area contributed by atoms with Gasteiger partial charge in [0.25, 0.3) is 0 Å². The van der Waals surface area contributed by atoms with Crippen molar-refractivity contribution in [3.63, 3.8) is 0 Å². The largest absolute Gasteiger partial charge is 0.452 e. The van der Waals surface area contributed by atoms with Gasteiger partial charge in [0, 0.05) is 33.0 Å². The number of halogens is 2. The van der Waals surface area contributed by atoms with Gasteiger partial charge in [-0.1, -0.05) is 70.5 Å². The van der Waals surface area contributed by atoms with Gasteiger partial charge < -0.3 is 4.74 Å². The van der Waals surface area contributed by atoms with Crippen molar-refractivity contribution < 1.29 is 18.7 Å². The number of carbonyl (C=O) groups excluding carboxylic acids is 2. The number of fused-ring (bicyclic) bond motifs is 1. The maximum atomic E-state index is 14.8. The van der Waals surface area contributed by atoms with E-state index in [1.54, 1.807) is 36.4 Å². The molecule has 33 heavy (non-hydrogen) atoms. The van der Waals surface area contributed by atoms with Crippen LogP contribution < -0.4 is 10.9 Å². The second-order valence-electron chi connectivity index (χ2n) is 7.07. The molecule has 0 radical (unpaired) electrons. The zero-order valence-electron chi connectivity index (χ0n) is 17.6. The third kappa shape index (κ3) is 4.42. The first-order chi connectivity index (χ1) is 16.0. The Morgan fingerprint density at radius 2 is 1.73 bits per heavy atom. The van der Waals surface area contributed by atoms with E-state index in [4.69, 9.17) is 0 Å².